The summed E-state index contributed by atoms with van der Waals surface area (Å²) in [4.78, 5) is 0. The summed E-state index contributed by atoms with van der Waals surface area (Å²) in [6.45, 7) is 4.27. The van der Waals surface area contributed by atoms with E-state index in [0.717, 1.165) is 18.6 Å². The minimum absolute atomic E-state index is 0. The third-order valence-electron chi connectivity index (χ3n) is 6.40. The number of hydrogen-bond acceptors (Lipinski definition) is 1. The summed E-state index contributed by atoms with van der Waals surface area (Å²) in [5.41, 5.74) is 10.6. The molecule has 1 nitrogen and oxygen atoms in total. The Kier molecular flexibility index (Phi) is 13.2. The van der Waals surface area contributed by atoms with E-state index < -0.39 is 0 Å². The molecule has 4 aromatic carbocycles. The predicted molar refractivity (Wildman–Crippen MR) is 147 cm³/mol. The van der Waals surface area contributed by atoms with Crippen LogP contribution in [-0.4, -0.2) is 10.3 Å². The number of methoxy groups -OCH3 is 1. The van der Waals surface area contributed by atoms with Gasteiger partial charge in [-0.2, -0.15) is 17.7 Å². The molecule has 0 heterocycles. The van der Waals surface area contributed by atoms with Crippen molar-refractivity contribution in [3.8, 4) is 16.9 Å². The summed E-state index contributed by atoms with van der Waals surface area (Å²) >= 11 is 1.46. The van der Waals surface area contributed by atoms with Crippen LogP contribution in [0.1, 0.15) is 42.5 Å². The van der Waals surface area contributed by atoms with Gasteiger partial charge in [0.25, 0.3) is 0 Å². The van der Waals surface area contributed by atoms with Crippen LogP contribution in [0.5, 0.6) is 5.75 Å². The van der Waals surface area contributed by atoms with Crippen LogP contribution < -0.4 is 29.6 Å². The second-order valence-electron chi connectivity index (χ2n) is 8.83. The Labute approximate surface area is 254 Å². The van der Waals surface area contributed by atoms with Crippen molar-refractivity contribution in [1.29, 1.82) is 0 Å². The topological polar surface area (TPSA) is 9.23 Å². The molecule has 0 spiro atoms. The Morgan fingerprint density at radius 3 is 1.87 bits per heavy atom. The summed E-state index contributed by atoms with van der Waals surface area (Å²) in [5, 5.41) is 0. The Morgan fingerprint density at radius 2 is 1.37 bits per heavy atom. The SMILES string of the molecule is CC1=C(C)C[C-]=C1.COc1cc[c-]c2c1-c1ccccc1C2.[Cl-].[Cl-].[Zr+2]=[C](c1ccccc1)c1ccccc1. The van der Waals surface area contributed by atoms with Crippen molar-refractivity contribution < 1.29 is 53.8 Å². The average Bonchev–Trinajstić information content (AvgIpc) is 3.51. The molecule has 38 heavy (non-hydrogen) atoms. The molecule has 0 N–H and O–H groups in total. The summed E-state index contributed by atoms with van der Waals surface area (Å²) in [7, 11) is 1.72. The molecule has 4 aromatic rings. The second kappa shape index (κ2) is 15.8. The van der Waals surface area contributed by atoms with Crippen molar-refractivity contribution in [2.24, 2.45) is 0 Å². The summed E-state index contributed by atoms with van der Waals surface area (Å²) in [6, 6.07) is 36.8. The normalized spacial score (nSPS) is 11.9. The van der Waals surface area contributed by atoms with Gasteiger partial charge in [-0.25, -0.2) is 11.6 Å². The number of halogens is 2. The van der Waals surface area contributed by atoms with Crippen molar-refractivity contribution in [2.75, 3.05) is 7.11 Å². The van der Waals surface area contributed by atoms with Crippen LogP contribution in [0.4, 0.5) is 0 Å². The van der Waals surface area contributed by atoms with E-state index >= 15 is 0 Å². The van der Waals surface area contributed by atoms with Gasteiger partial charge in [-0.15, -0.1) is 25.0 Å². The van der Waals surface area contributed by atoms with Crippen LogP contribution in [0.15, 0.2) is 114 Å². The van der Waals surface area contributed by atoms with E-state index in [2.05, 4.69) is 117 Å². The molecular formula is C34H30Cl2OZr-2. The number of hydrogen-bond donors (Lipinski definition) is 0. The standard InChI is InChI=1S/C14H11O.C13H10.C7H9.2ClH.Zr/c1-15-13-8-4-6-11-9-10-5-2-3-7-12(10)14(11)13;1-3-7-12(8-4-1)11-13-9-5-2-6-10-13;1-6-4-3-5-7(6)2;;;/h2-5,7-8H,9H2,1H3;1-10H;4H,5H2,1-2H3;2*1H;/q-1;;-1;;;+2/p-2. The fourth-order valence-corrected chi connectivity index (χ4v) is 5.05. The molecule has 0 fully saturated rings. The van der Waals surface area contributed by atoms with Crippen molar-refractivity contribution in [1.82, 2.24) is 0 Å². The molecule has 0 unspecified atom stereocenters. The molecule has 0 bridgehead atoms. The van der Waals surface area contributed by atoms with Crippen LogP contribution in [0, 0.1) is 12.1 Å². The molecule has 0 radical (unpaired) electrons. The van der Waals surface area contributed by atoms with E-state index in [1.165, 1.54) is 72.0 Å². The molecule has 0 aliphatic heterocycles. The van der Waals surface area contributed by atoms with E-state index in [1.54, 1.807) is 7.11 Å². The van der Waals surface area contributed by atoms with Gasteiger partial charge >= 0.3 is 99.2 Å². The quantitative estimate of drug-likeness (QED) is 0.282. The van der Waals surface area contributed by atoms with E-state index in [0.29, 0.717) is 0 Å². The van der Waals surface area contributed by atoms with Gasteiger partial charge in [-0.1, -0.05) is 42.3 Å². The van der Waals surface area contributed by atoms with Crippen molar-refractivity contribution in [3.05, 3.63) is 149 Å². The van der Waals surface area contributed by atoms with E-state index in [4.69, 9.17) is 4.74 Å². The van der Waals surface area contributed by atoms with Gasteiger partial charge in [0.1, 0.15) is 0 Å². The molecule has 0 saturated carbocycles. The number of fused-ring (bicyclic) bond motifs is 3. The van der Waals surface area contributed by atoms with Crippen LogP contribution >= 0.6 is 0 Å². The minimum atomic E-state index is 0. The van der Waals surface area contributed by atoms with Gasteiger partial charge in [0.05, 0.1) is 7.11 Å². The number of allylic oxidation sites excluding steroid dienone is 4. The fraction of sp³-hybridized carbons (Fsp3) is 0.147. The third-order valence-corrected chi connectivity index (χ3v) is 7.82. The van der Waals surface area contributed by atoms with Gasteiger partial charge in [-0.3, -0.25) is 6.08 Å². The number of ether oxygens (including phenoxy) is 1. The maximum absolute atomic E-state index is 5.39. The molecule has 0 amide bonds. The molecule has 192 valence electrons. The first-order chi connectivity index (χ1) is 17.6. The zero-order valence-corrected chi connectivity index (χ0v) is 25.9. The zero-order chi connectivity index (χ0) is 25.3. The molecular weight excluding hydrogens is 587 g/mol. The first kappa shape index (κ1) is 31.7. The van der Waals surface area contributed by atoms with Crippen molar-refractivity contribution >= 4 is 3.21 Å². The number of benzene rings is 4. The van der Waals surface area contributed by atoms with Gasteiger partial charge in [0.2, 0.25) is 0 Å². The van der Waals surface area contributed by atoms with Crippen molar-refractivity contribution in [3.63, 3.8) is 0 Å². The molecule has 6 rings (SSSR count). The monoisotopic (exact) mass is 614 g/mol. The predicted octanol–water partition coefficient (Wildman–Crippen LogP) is 1.96. The van der Waals surface area contributed by atoms with E-state index in [9.17, 15) is 0 Å². The van der Waals surface area contributed by atoms with Gasteiger partial charge in [0.15, 0.2) is 0 Å². The Hall–Kier alpha value is -2.51. The average molecular weight is 617 g/mol. The second-order valence-corrected chi connectivity index (χ2v) is 10.1. The molecule has 0 saturated heterocycles. The van der Waals surface area contributed by atoms with Crippen molar-refractivity contribution in [2.45, 2.75) is 26.7 Å². The Bertz CT molecular complexity index is 1350. The van der Waals surface area contributed by atoms with Crippen LogP contribution in [-0.2, 0) is 30.7 Å². The molecule has 2 aliphatic rings. The van der Waals surface area contributed by atoms with Crippen LogP contribution in [0.2, 0.25) is 0 Å². The molecule has 0 aromatic heterocycles. The summed E-state index contributed by atoms with van der Waals surface area (Å²) < 4.78 is 6.81. The van der Waals surface area contributed by atoms with E-state index in [-0.39, 0.29) is 24.8 Å². The Morgan fingerprint density at radius 1 is 0.789 bits per heavy atom. The first-order valence-corrected chi connectivity index (χ1v) is 13.4. The summed E-state index contributed by atoms with van der Waals surface area (Å²) in [5.74, 6) is 0.952. The number of rotatable bonds is 3. The Balaban J connectivity index is 0.000000207. The fourth-order valence-electron chi connectivity index (χ4n) is 4.23. The third kappa shape index (κ3) is 8.00. The van der Waals surface area contributed by atoms with Gasteiger partial charge in [-0.05, 0) is 12.0 Å². The van der Waals surface area contributed by atoms with Gasteiger partial charge in [0, 0.05) is 5.75 Å². The van der Waals surface area contributed by atoms with Crippen LogP contribution in [0.3, 0.4) is 0 Å². The molecule has 2 aliphatic carbocycles. The van der Waals surface area contributed by atoms with Gasteiger partial charge < -0.3 is 29.6 Å². The molecule has 0 atom stereocenters. The maximum atomic E-state index is 5.39. The van der Waals surface area contributed by atoms with E-state index in [1.807, 2.05) is 12.1 Å². The van der Waals surface area contributed by atoms with Crippen LogP contribution in [0.25, 0.3) is 11.1 Å². The molecule has 4 heteroatoms. The first-order valence-electron chi connectivity index (χ1n) is 12.2. The zero-order valence-electron chi connectivity index (χ0n) is 21.9. The summed E-state index contributed by atoms with van der Waals surface area (Å²) in [6.07, 6.45) is 7.20.